The van der Waals surface area contributed by atoms with Gasteiger partial charge in [-0.2, -0.15) is 0 Å². The number of benzene rings is 2. The lowest BCUT2D eigenvalue weighted by molar-refractivity contribution is -0.109. The highest BCUT2D eigenvalue weighted by molar-refractivity contribution is 6.32. The van der Waals surface area contributed by atoms with Crippen LogP contribution in [0.1, 0.15) is 42.2 Å². The SMILES string of the molecule is CC[C@@H](N[C@@H](C)CNC=O)c1ccc(Cl)c(Oc2ccc(F)c(C(=O)N3CCOCC3)c2)c1F.Cl. The van der Waals surface area contributed by atoms with Gasteiger partial charge in [-0.3, -0.25) is 9.59 Å². The molecule has 2 aromatic rings. The maximum Gasteiger partial charge on any atom is 0.257 e. The molecule has 0 unspecified atom stereocenters. The Morgan fingerprint density at radius 2 is 1.97 bits per heavy atom. The standard InChI is InChI=1S/C24H28ClF2N3O4.ClH/c1-3-21(29-15(2)13-28-14-31)17-5-6-19(25)23(22(17)27)34-16-4-7-20(26)18(12-16)24(32)30-8-10-33-11-9-30;/h4-7,12,14-15,21,29H,3,8-11,13H2,1-2H3,(H,28,31);1H/t15-,21+;/m0./s1. The first-order chi connectivity index (χ1) is 16.3. The van der Waals surface area contributed by atoms with Gasteiger partial charge in [-0.25, -0.2) is 8.78 Å². The number of ether oxygens (including phenoxy) is 2. The smallest absolute Gasteiger partial charge is 0.257 e. The van der Waals surface area contributed by atoms with Crippen molar-refractivity contribution in [2.24, 2.45) is 0 Å². The molecule has 2 aromatic carbocycles. The van der Waals surface area contributed by atoms with Gasteiger partial charge in [0.1, 0.15) is 11.6 Å². The third-order valence-electron chi connectivity index (χ3n) is 5.54. The van der Waals surface area contributed by atoms with E-state index in [0.717, 1.165) is 6.07 Å². The molecule has 1 aliphatic heterocycles. The van der Waals surface area contributed by atoms with E-state index in [1.807, 2.05) is 13.8 Å². The van der Waals surface area contributed by atoms with Gasteiger partial charge in [-0.15, -0.1) is 12.4 Å². The van der Waals surface area contributed by atoms with Gasteiger partial charge in [0.25, 0.3) is 5.91 Å². The van der Waals surface area contributed by atoms with Crippen molar-refractivity contribution in [2.45, 2.75) is 32.4 Å². The summed E-state index contributed by atoms with van der Waals surface area (Å²) >= 11 is 6.23. The number of nitrogens with one attached hydrogen (secondary N) is 2. The second-order valence-electron chi connectivity index (χ2n) is 7.98. The summed E-state index contributed by atoms with van der Waals surface area (Å²) in [5.74, 6) is -1.97. The van der Waals surface area contributed by atoms with Crippen LogP contribution >= 0.6 is 24.0 Å². The summed E-state index contributed by atoms with van der Waals surface area (Å²) in [6, 6.07) is 6.29. The monoisotopic (exact) mass is 531 g/mol. The van der Waals surface area contributed by atoms with E-state index in [-0.39, 0.29) is 46.6 Å². The molecule has 7 nitrogen and oxygen atoms in total. The number of morpholine rings is 1. The summed E-state index contributed by atoms with van der Waals surface area (Å²) in [6.45, 7) is 5.64. The molecule has 1 heterocycles. The molecule has 0 saturated carbocycles. The molecule has 0 spiro atoms. The molecule has 1 aliphatic rings. The second-order valence-corrected chi connectivity index (χ2v) is 8.39. The third kappa shape index (κ3) is 7.27. The van der Waals surface area contributed by atoms with Crippen molar-refractivity contribution in [3.05, 3.63) is 58.1 Å². The molecule has 11 heteroatoms. The van der Waals surface area contributed by atoms with Gasteiger partial charge in [0.2, 0.25) is 6.41 Å². The fraction of sp³-hybridized carbons (Fsp3) is 0.417. The number of amides is 2. The first-order valence-electron chi connectivity index (χ1n) is 11.1. The van der Waals surface area contributed by atoms with Crippen LogP contribution in [0.25, 0.3) is 0 Å². The Balaban J connectivity index is 0.00000432. The summed E-state index contributed by atoms with van der Waals surface area (Å²) in [5, 5.41) is 5.89. The summed E-state index contributed by atoms with van der Waals surface area (Å²) in [5.41, 5.74) is 0.170. The van der Waals surface area contributed by atoms with E-state index in [4.69, 9.17) is 21.1 Å². The summed E-state index contributed by atoms with van der Waals surface area (Å²) in [6.07, 6.45) is 1.17. The van der Waals surface area contributed by atoms with E-state index in [0.29, 0.717) is 51.2 Å². The fourth-order valence-electron chi connectivity index (χ4n) is 3.75. The number of hydrogen-bond donors (Lipinski definition) is 2. The number of carbonyl (C=O) groups excluding carboxylic acids is 2. The lowest BCUT2D eigenvalue weighted by Gasteiger charge is -2.27. The Morgan fingerprint density at radius 1 is 1.26 bits per heavy atom. The van der Waals surface area contributed by atoms with Crippen molar-refractivity contribution in [1.82, 2.24) is 15.5 Å². The van der Waals surface area contributed by atoms with E-state index in [1.165, 1.54) is 23.1 Å². The highest BCUT2D eigenvalue weighted by Crippen LogP contribution is 2.37. The predicted molar refractivity (Wildman–Crippen MR) is 132 cm³/mol. The minimum atomic E-state index is -0.697. The van der Waals surface area contributed by atoms with Crippen LogP contribution in [-0.4, -0.2) is 56.1 Å². The highest BCUT2D eigenvalue weighted by Gasteiger charge is 2.24. The van der Waals surface area contributed by atoms with Gasteiger partial charge in [-0.1, -0.05) is 24.6 Å². The Kier molecular flexibility index (Phi) is 11.2. The third-order valence-corrected chi connectivity index (χ3v) is 5.84. The van der Waals surface area contributed by atoms with Crippen LogP contribution in [0, 0.1) is 11.6 Å². The van der Waals surface area contributed by atoms with Crippen molar-refractivity contribution in [1.29, 1.82) is 0 Å². The van der Waals surface area contributed by atoms with Crippen molar-refractivity contribution in [3.8, 4) is 11.5 Å². The molecule has 3 rings (SSSR count). The van der Waals surface area contributed by atoms with E-state index in [2.05, 4.69) is 10.6 Å². The van der Waals surface area contributed by atoms with Crippen LogP contribution in [0.5, 0.6) is 11.5 Å². The molecule has 35 heavy (non-hydrogen) atoms. The van der Waals surface area contributed by atoms with Crippen LogP contribution in [0.2, 0.25) is 5.02 Å². The Hall–Kier alpha value is -2.46. The Morgan fingerprint density at radius 3 is 2.63 bits per heavy atom. The van der Waals surface area contributed by atoms with E-state index in [9.17, 15) is 14.0 Å². The molecule has 1 saturated heterocycles. The lowest BCUT2D eigenvalue weighted by atomic mass is 10.0. The van der Waals surface area contributed by atoms with Crippen molar-refractivity contribution in [3.63, 3.8) is 0 Å². The summed E-state index contributed by atoms with van der Waals surface area (Å²) in [7, 11) is 0. The minimum Gasteiger partial charge on any atom is -0.453 e. The highest BCUT2D eigenvalue weighted by atomic mass is 35.5. The normalized spacial score (nSPS) is 15.1. The Bertz CT molecular complexity index is 1020. The first kappa shape index (κ1) is 28.8. The topological polar surface area (TPSA) is 79.9 Å². The second kappa shape index (κ2) is 13.6. The van der Waals surface area contributed by atoms with E-state index < -0.39 is 17.5 Å². The molecule has 1 fully saturated rings. The minimum absolute atomic E-state index is 0. The molecule has 0 aliphatic carbocycles. The van der Waals surface area contributed by atoms with Gasteiger partial charge in [0.15, 0.2) is 11.6 Å². The fourth-order valence-corrected chi connectivity index (χ4v) is 3.94. The summed E-state index contributed by atoms with van der Waals surface area (Å²) < 4.78 is 40.9. The molecule has 0 bridgehead atoms. The Labute approximate surface area is 214 Å². The average molecular weight is 532 g/mol. The molecule has 192 valence electrons. The van der Waals surface area contributed by atoms with Crippen LogP contribution in [0.15, 0.2) is 30.3 Å². The molecule has 0 aromatic heterocycles. The maximum atomic E-state index is 15.5. The zero-order valence-corrected chi connectivity index (χ0v) is 21.1. The van der Waals surface area contributed by atoms with Gasteiger partial charge in [0.05, 0.1) is 23.8 Å². The van der Waals surface area contributed by atoms with Gasteiger partial charge < -0.3 is 25.0 Å². The zero-order valence-electron chi connectivity index (χ0n) is 19.5. The molecule has 2 amide bonds. The number of halogens is 4. The van der Waals surface area contributed by atoms with Gasteiger partial charge in [-0.05, 0) is 37.6 Å². The van der Waals surface area contributed by atoms with Crippen molar-refractivity contribution < 1.29 is 27.8 Å². The lowest BCUT2D eigenvalue weighted by Crippen LogP contribution is -2.41. The van der Waals surface area contributed by atoms with E-state index >= 15 is 4.39 Å². The number of carbonyl (C=O) groups is 2. The molecule has 2 atom stereocenters. The largest absolute Gasteiger partial charge is 0.453 e. The number of nitrogens with zero attached hydrogens (tertiary/aromatic N) is 1. The molecule has 2 N–H and O–H groups in total. The van der Waals surface area contributed by atoms with Gasteiger partial charge >= 0.3 is 0 Å². The van der Waals surface area contributed by atoms with Crippen LogP contribution in [-0.2, 0) is 9.53 Å². The summed E-state index contributed by atoms with van der Waals surface area (Å²) in [4.78, 5) is 24.8. The zero-order chi connectivity index (χ0) is 24.7. The van der Waals surface area contributed by atoms with Crippen LogP contribution in [0.3, 0.4) is 0 Å². The van der Waals surface area contributed by atoms with E-state index in [1.54, 1.807) is 6.07 Å². The molecule has 0 radical (unpaired) electrons. The van der Waals surface area contributed by atoms with Crippen LogP contribution in [0.4, 0.5) is 8.78 Å². The van der Waals surface area contributed by atoms with Crippen molar-refractivity contribution >= 4 is 36.3 Å². The molecular weight excluding hydrogens is 503 g/mol. The maximum absolute atomic E-state index is 15.5. The van der Waals surface area contributed by atoms with Gasteiger partial charge in [0, 0.05) is 37.3 Å². The predicted octanol–water partition coefficient (Wildman–Crippen LogP) is 4.48. The first-order valence-corrected chi connectivity index (χ1v) is 11.5. The van der Waals surface area contributed by atoms with Crippen LogP contribution < -0.4 is 15.4 Å². The van der Waals surface area contributed by atoms with Crippen molar-refractivity contribution in [2.75, 3.05) is 32.8 Å². The molecular formula is C24H29Cl2F2N3O4. The number of rotatable bonds is 10. The number of hydrogen-bond acceptors (Lipinski definition) is 5. The quantitative estimate of drug-likeness (QED) is 0.442. The average Bonchev–Trinajstić information content (AvgIpc) is 2.85.